The number of ether oxygens (including phenoxy) is 1. The van der Waals surface area contributed by atoms with Crippen LogP contribution in [0.5, 0.6) is 0 Å². The van der Waals surface area contributed by atoms with Gasteiger partial charge in [0.2, 0.25) is 0 Å². The van der Waals surface area contributed by atoms with Gasteiger partial charge in [-0.15, -0.1) is 0 Å². The van der Waals surface area contributed by atoms with Crippen LogP contribution in [0.1, 0.15) is 18.1 Å². The van der Waals surface area contributed by atoms with Crippen LogP contribution in [0.3, 0.4) is 0 Å². The van der Waals surface area contributed by atoms with Gasteiger partial charge in [-0.2, -0.15) is 0 Å². The monoisotopic (exact) mass is 346 g/mol. The van der Waals surface area contributed by atoms with Crippen LogP contribution in [0, 0.1) is 0 Å². The zero-order valence-electron chi connectivity index (χ0n) is 8.87. The summed E-state index contributed by atoms with van der Waals surface area (Å²) in [4.78, 5) is 11.1. The molecule has 0 fully saturated rings. The third-order valence-corrected chi connectivity index (χ3v) is 3.24. The highest BCUT2D eigenvalue weighted by Crippen LogP contribution is 2.21. The van der Waals surface area contributed by atoms with Crippen LogP contribution in [-0.2, 0) is 14.9 Å². The standard InChI is InChI=1S/C12H12Br2O2/c1-2-16-12(15)6-5-10-4-3-9(8-13)7-11(10)14/h3-7H,2,8H2,1H3. The van der Waals surface area contributed by atoms with Gasteiger partial charge < -0.3 is 4.74 Å². The summed E-state index contributed by atoms with van der Waals surface area (Å²) in [5.41, 5.74) is 2.14. The summed E-state index contributed by atoms with van der Waals surface area (Å²) in [6.45, 7) is 2.18. The van der Waals surface area contributed by atoms with Gasteiger partial charge >= 0.3 is 5.97 Å². The fourth-order valence-corrected chi connectivity index (χ4v) is 2.04. The van der Waals surface area contributed by atoms with E-state index in [1.54, 1.807) is 13.0 Å². The Labute approximate surface area is 112 Å². The van der Waals surface area contributed by atoms with Crippen molar-refractivity contribution in [1.82, 2.24) is 0 Å². The molecule has 0 saturated heterocycles. The Morgan fingerprint density at radius 3 is 2.81 bits per heavy atom. The Kier molecular flexibility index (Phi) is 5.77. The molecular weight excluding hydrogens is 336 g/mol. The lowest BCUT2D eigenvalue weighted by molar-refractivity contribution is -0.137. The maximum atomic E-state index is 11.1. The summed E-state index contributed by atoms with van der Waals surface area (Å²) >= 11 is 6.84. The van der Waals surface area contributed by atoms with Crippen molar-refractivity contribution >= 4 is 43.9 Å². The van der Waals surface area contributed by atoms with Crippen molar-refractivity contribution < 1.29 is 9.53 Å². The van der Waals surface area contributed by atoms with E-state index in [2.05, 4.69) is 31.9 Å². The van der Waals surface area contributed by atoms with Gasteiger partial charge in [0, 0.05) is 15.9 Å². The van der Waals surface area contributed by atoms with Crippen LogP contribution in [-0.4, -0.2) is 12.6 Å². The summed E-state index contributed by atoms with van der Waals surface area (Å²) in [7, 11) is 0. The van der Waals surface area contributed by atoms with Gasteiger partial charge in [-0.1, -0.05) is 44.0 Å². The van der Waals surface area contributed by atoms with Gasteiger partial charge in [-0.3, -0.25) is 0 Å². The predicted molar refractivity (Wildman–Crippen MR) is 72.4 cm³/mol. The lowest BCUT2D eigenvalue weighted by Gasteiger charge is -2.01. The number of hydrogen-bond donors (Lipinski definition) is 0. The second-order valence-corrected chi connectivity index (χ2v) is 4.49. The van der Waals surface area contributed by atoms with Crippen LogP contribution in [0.15, 0.2) is 28.7 Å². The molecule has 0 bridgehead atoms. The van der Waals surface area contributed by atoms with E-state index >= 15 is 0 Å². The number of rotatable bonds is 4. The Morgan fingerprint density at radius 2 is 2.25 bits per heavy atom. The summed E-state index contributed by atoms with van der Waals surface area (Å²) < 4.78 is 5.76. The first-order chi connectivity index (χ1) is 7.67. The molecule has 1 aromatic rings. The quantitative estimate of drug-likeness (QED) is 0.468. The van der Waals surface area contributed by atoms with Crippen LogP contribution >= 0.6 is 31.9 Å². The fourth-order valence-electron chi connectivity index (χ4n) is 1.14. The van der Waals surface area contributed by atoms with E-state index in [0.29, 0.717) is 6.61 Å². The average molecular weight is 348 g/mol. The van der Waals surface area contributed by atoms with Gasteiger partial charge in [0.25, 0.3) is 0 Å². The molecule has 0 aliphatic carbocycles. The Morgan fingerprint density at radius 1 is 1.50 bits per heavy atom. The molecule has 1 aromatic carbocycles. The van der Waals surface area contributed by atoms with Gasteiger partial charge in [0.05, 0.1) is 6.61 Å². The van der Waals surface area contributed by atoms with E-state index in [1.165, 1.54) is 11.6 Å². The normalized spacial score (nSPS) is 10.7. The molecule has 0 saturated carbocycles. The lowest BCUT2D eigenvalue weighted by atomic mass is 10.1. The third kappa shape index (κ3) is 4.10. The topological polar surface area (TPSA) is 26.3 Å². The molecule has 4 heteroatoms. The van der Waals surface area contributed by atoms with Gasteiger partial charge in [-0.25, -0.2) is 4.79 Å². The number of halogens is 2. The van der Waals surface area contributed by atoms with E-state index in [9.17, 15) is 4.79 Å². The van der Waals surface area contributed by atoms with Crippen LogP contribution in [0.4, 0.5) is 0 Å². The molecule has 0 aliphatic heterocycles. The molecule has 0 unspecified atom stereocenters. The number of carbonyl (C=O) groups is 1. The zero-order chi connectivity index (χ0) is 12.0. The van der Waals surface area contributed by atoms with Crippen LogP contribution in [0.25, 0.3) is 6.08 Å². The number of esters is 1. The van der Waals surface area contributed by atoms with Crippen molar-refractivity contribution in [2.24, 2.45) is 0 Å². The van der Waals surface area contributed by atoms with Gasteiger partial charge in [-0.05, 0) is 30.2 Å². The zero-order valence-corrected chi connectivity index (χ0v) is 12.0. The molecule has 0 atom stereocenters. The number of alkyl halides is 1. The highest BCUT2D eigenvalue weighted by atomic mass is 79.9. The second-order valence-electron chi connectivity index (χ2n) is 3.07. The molecule has 2 nitrogen and oxygen atoms in total. The van der Waals surface area contributed by atoms with E-state index in [0.717, 1.165) is 15.4 Å². The number of carbonyl (C=O) groups excluding carboxylic acids is 1. The Hall–Kier alpha value is -0.610. The highest BCUT2D eigenvalue weighted by molar-refractivity contribution is 9.10. The van der Waals surface area contributed by atoms with E-state index in [4.69, 9.17) is 4.74 Å². The largest absolute Gasteiger partial charge is 0.463 e. The Balaban J connectivity index is 2.78. The maximum absolute atomic E-state index is 11.1. The summed E-state index contributed by atoms with van der Waals surface area (Å²) in [5.74, 6) is -0.320. The second kappa shape index (κ2) is 6.86. The fraction of sp³-hybridized carbons (Fsp3) is 0.250. The van der Waals surface area contributed by atoms with Crippen molar-refractivity contribution in [2.75, 3.05) is 6.61 Å². The smallest absolute Gasteiger partial charge is 0.330 e. The maximum Gasteiger partial charge on any atom is 0.330 e. The molecule has 0 N–H and O–H groups in total. The van der Waals surface area contributed by atoms with Crippen molar-refractivity contribution in [1.29, 1.82) is 0 Å². The van der Waals surface area contributed by atoms with Gasteiger partial charge in [0.15, 0.2) is 0 Å². The van der Waals surface area contributed by atoms with Crippen molar-refractivity contribution in [2.45, 2.75) is 12.3 Å². The number of benzene rings is 1. The molecule has 0 heterocycles. The molecule has 0 amide bonds. The third-order valence-electron chi connectivity index (χ3n) is 1.90. The first-order valence-electron chi connectivity index (χ1n) is 4.86. The minimum Gasteiger partial charge on any atom is -0.463 e. The molecular formula is C12H12Br2O2. The molecule has 0 spiro atoms. The molecule has 0 aliphatic rings. The molecule has 0 aromatic heterocycles. The Bertz CT molecular complexity index is 400. The van der Waals surface area contributed by atoms with Crippen molar-refractivity contribution in [3.8, 4) is 0 Å². The summed E-state index contributed by atoms with van der Waals surface area (Å²) in [6, 6.07) is 5.97. The number of hydrogen-bond acceptors (Lipinski definition) is 2. The van der Waals surface area contributed by atoms with Crippen molar-refractivity contribution in [3.05, 3.63) is 39.9 Å². The lowest BCUT2D eigenvalue weighted by Crippen LogP contribution is -1.98. The van der Waals surface area contributed by atoms with Crippen LogP contribution in [0.2, 0.25) is 0 Å². The molecule has 86 valence electrons. The summed E-state index contributed by atoms with van der Waals surface area (Å²) in [6.07, 6.45) is 3.16. The van der Waals surface area contributed by atoms with E-state index in [-0.39, 0.29) is 5.97 Å². The minimum absolute atomic E-state index is 0.320. The molecule has 0 radical (unpaired) electrons. The average Bonchev–Trinajstić information content (AvgIpc) is 2.27. The van der Waals surface area contributed by atoms with E-state index in [1.807, 2.05) is 18.2 Å². The van der Waals surface area contributed by atoms with Gasteiger partial charge in [0.1, 0.15) is 0 Å². The summed E-state index contributed by atoms with van der Waals surface area (Å²) in [5, 5.41) is 0.813. The first-order valence-corrected chi connectivity index (χ1v) is 6.78. The SMILES string of the molecule is CCOC(=O)C=Cc1ccc(CBr)cc1Br. The predicted octanol–water partition coefficient (Wildman–Crippen LogP) is 3.92. The minimum atomic E-state index is -0.320. The highest BCUT2D eigenvalue weighted by Gasteiger charge is 1.99. The van der Waals surface area contributed by atoms with E-state index < -0.39 is 0 Å². The molecule has 16 heavy (non-hydrogen) atoms. The van der Waals surface area contributed by atoms with Crippen molar-refractivity contribution in [3.63, 3.8) is 0 Å². The first kappa shape index (κ1) is 13.5. The van der Waals surface area contributed by atoms with Crippen LogP contribution < -0.4 is 0 Å². The molecule has 1 rings (SSSR count).